The highest BCUT2D eigenvalue weighted by Gasteiger charge is 2.23. The number of likely N-dealkylation sites (N-methyl/N-ethyl adjacent to an activating group) is 2. The normalized spacial score (nSPS) is 23.9. The van der Waals surface area contributed by atoms with Gasteiger partial charge in [0.2, 0.25) is 11.9 Å². The number of benzene rings is 2. The summed E-state index contributed by atoms with van der Waals surface area (Å²) in [5, 5.41) is 15.6. The van der Waals surface area contributed by atoms with Crippen molar-refractivity contribution in [2.75, 3.05) is 27.3 Å². The van der Waals surface area contributed by atoms with Gasteiger partial charge in [-0.05, 0) is 112 Å². The Hall–Kier alpha value is -2.13. The maximum Gasteiger partial charge on any atom is 0.240 e. The molecule has 7 rings (SSSR count). The number of fused-ring (bicyclic) bond motifs is 2. The van der Waals surface area contributed by atoms with Gasteiger partial charge in [-0.1, -0.05) is 30.4 Å². The van der Waals surface area contributed by atoms with E-state index in [0.717, 1.165) is 59.7 Å². The molecule has 2 aliphatic heterocycles. The molecule has 3 aliphatic rings. The first-order chi connectivity index (χ1) is 21.4. The highest BCUT2D eigenvalue weighted by atomic mass is 127. The van der Waals surface area contributed by atoms with E-state index in [9.17, 15) is 8.78 Å². The van der Waals surface area contributed by atoms with Crippen molar-refractivity contribution in [2.24, 2.45) is 0 Å². The summed E-state index contributed by atoms with van der Waals surface area (Å²) in [4.78, 5) is 0. The van der Waals surface area contributed by atoms with E-state index in [4.69, 9.17) is 17.3 Å². The van der Waals surface area contributed by atoms with Crippen LogP contribution in [0, 0.1) is 15.5 Å². The quantitative estimate of drug-likeness (QED) is 0.203. The van der Waals surface area contributed by atoms with Crippen LogP contribution in [0.4, 0.5) is 8.78 Å². The number of aromatic nitrogens is 4. The van der Waals surface area contributed by atoms with Gasteiger partial charge in [-0.15, -0.1) is 10.2 Å². The van der Waals surface area contributed by atoms with E-state index in [0.29, 0.717) is 34.9 Å². The van der Waals surface area contributed by atoms with Crippen molar-refractivity contribution in [2.45, 2.75) is 88.7 Å². The second-order valence-electron chi connectivity index (χ2n) is 11.6. The number of nitrogens with zero attached hydrogens (tertiary/aromatic N) is 4. The van der Waals surface area contributed by atoms with Crippen LogP contribution >= 0.6 is 22.6 Å². The van der Waals surface area contributed by atoms with E-state index in [2.05, 4.69) is 57.5 Å². The van der Waals surface area contributed by atoms with Crippen LogP contribution in [0.2, 0.25) is 0 Å². The van der Waals surface area contributed by atoms with Crippen LogP contribution in [0.3, 0.4) is 0 Å². The van der Waals surface area contributed by atoms with Crippen molar-refractivity contribution in [1.29, 1.82) is 0 Å². The van der Waals surface area contributed by atoms with Crippen molar-refractivity contribution in [1.82, 2.24) is 30.2 Å². The molecule has 8 nitrogen and oxygen atoms in total. The van der Waals surface area contributed by atoms with E-state index in [1.165, 1.54) is 25.7 Å². The molecule has 0 amide bonds. The van der Waals surface area contributed by atoms with Crippen LogP contribution in [0.1, 0.15) is 76.7 Å². The molecule has 2 N–H and O–H groups in total. The molecule has 4 heterocycles. The molecule has 3 fully saturated rings. The lowest BCUT2D eigenvalue weighted by Crippen LogP contribution is -2.47. The first kappa shape index (κ1) is 33.2. The Kier molecular flexibility index (Phi) is 12.0. The second kappa shape index (κ2) is 15.9. The summed E-state index contributed by atoms with van der Waals surface area (Å²) in [7, 11) is 9.76. The van der Waals surface area contributed by atoms with Crippen molar-refractivity contribution in [3.8, 4) is 0 Å². The zero-order chi connectivity index (χ0) is 31.1. The molecular weight excluding hydrogens is 676 g/mol. The molecule has 1 aliphatic carbocycles. The summed E-state index contributed by atoms with van der Waals surface area (Å²) in [5.74, 6) is -0.894. The topological polar surface area (TPSA) is 78.2 Å². The predicted octanol–water partition coefficient (Wildman–Crippen LogP) is 5.88. The Morgan fingerprint density at radius 1 is 0.727 bits per heavy atom. The van der Waals surface area contributed by atoms with Crippen LogP contribution < -0.4 is 16.1 Å². The van der Waals surface area contributed by atoms with Crippen molar-refractivity contribution in [3.63, 3.8) is 0 Å². The summed E-state index contributed by atoms with van der Waals surface area (Å²) in [5.41, 5.74) is 2.10. The molecule has 2 aromatic heterocycles. The van der Waals surface area contributed by atoms with E-state index >= 15 is 0 Å². The summed E-state index contributed by atoms with van der Waals surface area (Å²) >= 11 is 2.17. The van der Waals surface area contributed by atoms with Gasteiger partial charge in [0.1, 0.15) is 7.85 Å². The van der Waals surface area contributed by atoms with Crippen molar-refractivity contribution in [3.05, 3.63) is 51.9 Å². The van der Waals surface area contributed by atoms with Gasteiger partial charge in [0.05, 0.1) is 21.8 Å². The van der Waals surface area contributed by atoms with Gasteiger partial charge in [0, 0.05) is 28.9 Å². The van der Waals surface area contributed by atoms with Gasteiger partial charge >= 0.3 is 0 Å². The zero-order valence-electron chi connectivity index (χ0n) is 25.6. The number of halogens is 3. The number of rotatable bonds is 4. The van der Waals surface area contributed by atoms with Gasteiger partial charge in [0.25, 0.3) is 0 Å². The molecule has 2 aromatic carbocycles. The average molecular weight is 718 g/mol. The first-order valence-corrected chi connectivity index (χ1v) is 16.8. The SMILES string of the molecule is CN[C@H]1CCCC[C@H]1NC.Fc1nn(C2CCCCO2)c2ccc(I)cc12.[B]c1ccc2c(c1)c(F)nn2C1CCCCO1. The summed E-state index contributed by atoms with van der Waals surface area (Å²) in [6, 6.07) is 12.3. The number of hydrogen-bond donors (Lipinski definition) is 2. The third-order valence-corrected chi connectivity index (χ3v) is 9.34. The summed E-state index contributed by atoms with van der Waals surface area (Å²) in [6.45, 7) is 1.45. The summed E-state index contributed by atoms with van der Waals surface area (Å²) in [6.07, 6.45) is 11.3. The third kappa shape index (κ3) is 7.98. The zero-order valence-corrected chi connectivity index (χ0v) is 27.7. The largest absolute Gasteiger partial charge is 0.356 e. The highest BCUT2D eigenvalue weighted by Crippen LogP contribution is 2.29. The van der Waals surface area contributed by atoms with Gasteiger partial charge < -0.3 is 20.1 Å². The maximum absolute atomic E-state index is 13.8. The number of nitrogens with one attached hydrogen (secondary N) is 2. The minimum Gasteiger partial charge on any atom is -0.356 e. The lowest BCUT2D eigenvalue weighted by Gasteiger charge is -2.30. The molecule has 4 aromatic rings. The molecule has 2 unspecified atom stereocenters. The maximum atomic E-state index is 13.8. The minimum absolute atomic E-state index is 0.115. The molecule has 236 valence electrons. The Morgan fingerprint density at radius 2 is 1.20 bits per heavy atom. The van der Waals surface area contributed by atoms with Gasteiger partial charge in [-0.25, -0.2) is 9.36 Å². The molecule has 4 atom stereocenters. The van der Waals surface area contributed by atoms with Crippen LogP contribution in [0.25, 0.3) is 21.8 Å². The van der Waals surface area contributed by atoms with E-state index in [1.807, 2.05) is 18.2 Å². The first-order valence-electron chi connectivity index (χ1n) is 15.7. The van der Waals surface area contributed by atoms with Crippen LogP contribution in [-0.2, 0) is 9.47 Å². The Bertz CT molecular complexity index is 1390. The Balaban J connectivity index is 0.000000136. The van der Waals surface area contributed by atoms with E-state index < -0.39 is 11.9 Å². The van der Waals surface area contributed by atoms with Gasteiger partial charge in [-0.3, -0.25) is 0 Å². The van der Waals surface area contributed by atoms with Crippen LogP contribution in [-0.4, -0.2) is 66.8 Å². The molecule has 0 bridgehead atoms. The third-order valence-electron chi connectivity index (χ3n) is 8.67. The number of ether oxygens (including phenoxy) is 2. The smallest absolute Gasteiger partial charge is 0.240 e. The van der Waals surface area contributed by atoms with Gasteiger partial charge in [0.15, 0.2) is 12.5 Å². The standard InChI is InChI=1S/C12H12BFN2O.C12H12FIN2O.C8H18N2/c13-8-4-5-10-9(7-8)12(14)15-16(10)11-3-1-2-6-17-11;13-12-9-7-8(14)4-5-10(9)16(15-12)11-3-1-2-6-17-11;1-9-7-5-3-4-6-8(7)10-2/h2*4-5,7,11H,1-3,6H2;7-10H,3-6H2,1-2H3/t;;7-,8+. The second-order valence-corrected chi connectivity index (χ2v) is 12.9. The number of hydrogen-bond acceptors (Lipinski definition) is 6. The Morgan fingerprint density at radius 3 is 1.68 bits per heavy atom. The van der Waals surface area contributed by atoms with Crippen LogP contribution in [0.15, 0.2) is 36.4 Å². The monoisotopic (exact) mass is 718 g/mol. The molecule has 0 spiro atoms. The fourth-order valence-corrected chi connectivity index (χ4v) is 6.78. The van der Waals surface area contributed by atoms with E-state index in [1.54, 1.807) is 27.6 Å². The Labute approximate surface area is 273 Å². The molecule has 2 saturated heterocycles. The molecule has 2 radical (unpaired) electrons. The summed E-state index contributed by atoms with van der Waals surface area (Å²) < 4.78 is 43.0. The molecule has 1 saturated carbocycles. The van der Waals surface area contributed by atoms with Crippen molar-refractivity contribution >= 4 is 57.7 Å². The van der Waals surface area contributed by atoms with Crippen LogP contribution in [0.5, 0.6) is 0 Å². The lowest BCUT2D eigenvalue weighted by atomic mass is 9.91. The fraction of sp³-hybridized carbons (Fsp3) is 0.562. The van der Waals surface area contributed by atoms with Gasteiger partial charge in [-0.2, -0.15) is 8.78 Å². The van der Waals surface area contributed by atoms with E-state index in [-0.39, 0.29) is 12.5 Å². The molecule has 44 heavy (non-hydrogen) atoms. The molecular formula is C32H42BF2IN6O2. The minimum atomic E-state index is -0.485. The highest BCUT2D eigenvalue weighted by molar-refractivity contribution is 14.1. The average Bonchev–Trinajstić information content (AvgIpc) is 3.57. The fourth-order valence-electron chi connectivity index (χ4n) is 6.29. The van der Waals surface area contributed by atoms with Crippen molar-refractivity contribution < 1.29 is 18.3 Å². The predicted molar refractivity (Wildman–Crippen MR) is 179 cm³/mol. The molecule has 12 heteroatoms. The lowest BCUT2D eigenvalue weighted by molar-refractivity contribution is -0.0376.